The summed E-state index contributed by atoms with van der Waals surface area (Å²) in [6.45, 7) is 3.68. The second-order valence-electron chi connectivity index (χ2n) is 3.85. The van der Waals surface area contributed by atoms with Gasteiger partial charge in [0.05, 0.1) is 10.9 Å². The van der Waals surface area contributed by atoms with Crippen molar-refractivity contribution >= 4 is 34.6 Å². The first-order valence-corrected chi connectivity index (χ1v) is 6.89. The van der Waals surface area contributed by atoms with Crippen LogP contribution in [0, 0.1) is 0 Å². The standard InChI is InChI=1S/C12H15ClN4S/c1-3-14-11-6-12(16-8-15-11)17(2)7-9-4-5-10(13)18-9/h4-6,8H,3,7H2,1-2H3,(H,14,15,16). The summed E-state index contributed by atoms with van der Waals surface area (Å²) in [6, 6.07) is 5.90. The third kappa shape index (κ3) is 3.34. The molecule has 0 aliphatic rings. The molecule has 96 valence electrons. The number of hydrogen-bond acceptors (Lipinski definition) is 5. The second-order valence-corrected chi connectivity index (χ2v) is 5.65. The van der Waals surface area contributed by atoms with Crippen LogP contribution in [0.25, 0.3) is 0 Å². The van der Waals surface area contributed by atoms with Crippen molar-refractivity contribution in [2.75, 3.05) is 23.8 Å². The lowest BCUT2D eigenvalue weighted by Crippen LogP contribution is -2.17. The molecule has 0 saturated heterocycles. The molecule has 0 aliphatic carbocycles. The Morgan fingerprint density at radius 3 is 2.89 bits per heavy atom. The van der Waals surface area contributed by atoms with Crippen LogP contribution in [-0.2, 0) is 6.54 Å². The SMILES string of the molecule is CCNc1cc(N(C)Cc2ccc(Cl)s2)ncn1. The van der Waals surface area contributed by atoms with Gasteiger partial charge in [0.2, 0.25) is 0 Å². The Morgan fingerprint density at radius 1 is 1.39 bits per heavy atom. The number of nitrogens with one attached hydrogen (secondary N) is 1. The topological polar surface area (TPSA) is 41.0 Å². The maximum absolute atomic E-state index is 5.92. The molecule has 0 radical (unpaired) electrons. The van der Waals surface area contributed by atoms with Crippen LogP contribution >= 0.6 is 22.9 Å². The van der Waals surface area contributed by atoms with Crippen molar-refractivity contribution in [2.24, 2.45) is 0 Å². The van der Waals surface area contributed by atoms with Gasteiger partial charge in [-0.3, -0.25) is 0 Å². The maximum Gasteiger partial charge on any atom is 0.134 e. The van der Waals surface area contributed by atoms with Gasteiger partial charge in [-0.15, -0.1) is 11.3 Å². The minimum absolute atomic E-state index is 0.792. The minimum Gasteiger partial charge on any atom is -0.370 e. The van der Waals surface area contributed by atoms with Crippen LogP contribution in [0.2, 0.25) is 4.34 Å². The van der Waals surface area contributed by atoms with Gasteiger partial charge in [0.1, 0.15) is 18.0 Å². The summed E-state index contributed by atoms with van der Waals surface area (Å²) in [5, 5.41) is 3.17. The maximum atomic E-state index is 5.92. The zero-order chi connectivity index (χ0) is 13.0. The van der Waals surface area contributed by atoms with Gasteiger partial charge in [-0.25, -0.2) is 9.97 Å². The number of thiophene rings is 1. The van der Waals surface area contributed by atoms with Gasteiger partial charge in [0, 0.05) is 24.5 Å². The van der Waals surface area contributed by atoms with Crippen molar-refractivity contribution in [2.45, 2.75) is 13.5 Å². The molecule has 0 bridgehead atoms. The molecule has 2 heterocycles. The lowest BCUT2D eigenvalue weighted by molar-refractivity contribution is 0.904. The van der Waals surface area contributed by atoms with Gasteiger partial charge < -0.3 is 10.2 Å². The highest BCUT2D eigenvalue weighted by molar-refractivity contribution is 7.16. The van der Waals surface area contributed by atoms with Crippen LogP contribution in [0.4, 0.5) is 11.6 Å². The molecule has 0 spiro atoms. The number of anilines is 2. The molecule has 18 heavy (non-hydrogen) atoms. The van der Waals surface area contributed by atoms with E-state index < -0.39 is 0 Å². The van der Waals surface area contributed by atoms with E-state index in [1.54, 1.807) is 17.7 Å². The average Bonchev–Trinajstić information content (AvgIpc) is 2.75. The van der Waals surface area contributed by atoms with Crippen molar-refractivity contribution in [3.63, 3.8) is 0 Å². The number of nitrogens with zero attached hydrogens (tertiary/aromatic N) is 3. The van der Waals surface area contributed by atoms with Crippen molar-refractivity contribution in [1.29, 1.82) is 0 Å². The molecule has 2 rings (SSSR count). The van der Waals surface area contributed by atoms with Crippen LogP contribution in [0.3, 0.4) is 0 Å². The van der Waals surface area contributed by atoms with E-state index >= 15 is 0 Å². The van der Waals surface area contributed by atoms with E-state index in [-0.39, 0.29) is 0 Å². The fourth-order valence-corrected chi connectivity index (χ4v) is 2.73. The summed E-state index contributed by atoms with van der Waals surface area (Å²) < 4.78 is 0.814. The number of aromatic nitrogens is 2. The van der Waals surface area contributed by atoms with E-state index in [2.05, 4.69) is 20.2 Å². The molecule has 0 unspecified atom stereocenters. The zero-order valence-electron chi connectivity index (χ0n) is 10.4. The van der Waals surface area contributed by atoms with E-state index in [1.165, 1.54) is 4.88 Å². The highest BCUT2D eigenvalue weighted by Gasteiger charge is 2.06. The lowest BCUT2D eigenvalue weighted by Gasteiger charge is -2.17. The van der Waals surface area contributed by atoms with Crippen LogP contribution in [-0.4, -0.2) is 23.6 Å². The number of hydrogen-bond donors (Lipinski definition) is 1. The summed E-state index contributed by atoms with van der Waals surface area (Å²) in [7, 11) is 2.01. The predicted molar refractivity (Wildman–Crippen MR) is 77.6 cm³/mol. The first-order chi connectivity index (χ1) is 8.69. The zero-order valence-corrected chi connectivity index (χ0v) is 11.9. The van der Waals surface area contributed by atoms with E-state index in [0.717, 1.165) is 29.1 Å². The van der Waals surface area contributed by atoms with Crippen molar-refractivity contribution < 1.29 is 0 Å². The van der Waals surface area contributed by atoms with Gasteiger partial charge in [0.25, 0.3) is 0 Å². The van der Waals surface area contributed by atoms with Crippen LogP contribution in [0.5, 0.6) is 0 Å². The van der Waals surface area contributed by atoms with Crippen molar-refractivity contribution in [3.05, 3.63) is 33.7 Å². The minimum atomic E-state index is 0.792. The average molecular weight is 283 g/mol. The van der Waals surface area contributed by atoms with Crippen molar-refractivity contribution in [3.8, 4) is 0 Å². The molecular weight excluding hydrogens is 268 g/mol. The number of halogens is 1. The third-order valence-electron chi connectivity index (χ3n) is 2.42. The van der Waals surface area contributed by atoms with Crippen molar-refractivity contribution in [1.82, 2.24) is 9.97 Å². The molecule has 0 saturated carbocycles. The molecule has 1 N–H and O–H groups in total. The normalized spacial score (nSPS) is 10.4. The highest BCUT2D eigenvalue weighted by atomic mass is 35.5. The largest absolute Gasteiger partial charge is 0.370 e. The Hall–Kier alpha value is -1.33. The molecule has 4 nitrogen and oxygen atoms in total. The number of rotatable bonds is 5. The van der Waals surface area contributed by atoms with E-state index in [4.69, 9.17) is 11.6 Å². The summed E-state index contributed by atoms with van der Waals surface area (Å²) in [5.74, 6) is 1.74. The molecule has 2 aromatic rings. The molecule has 0 amide bonds. The van der Waals surface area contributed by atoms with Gasteiger partial charge in [0.15, 0.2) is 0 Å². The summed E-state index contributed by atoms with van der Waals surface area (Å²) in [6.07, 6.45) is 1.57. The monoisotopic (exact) mass is 282 g/mol. The molecule has 2 aromatic heterocycles. The summed E-state index contributed by atoms with van der Waals surface area (Å²) in [4.78, 5) is 11.7. The van der Waals surface area contributed by atoms with E-state index in [1.807, 2.05) is 32.2 Å². The lowest BCUT2D eigenvalue weighted by atomic mass is 10.4. The molecular formula is C12H15ClN4S. The Morgan fingerprint density at radius 2 is 2.22 bits per heavy atom. The first-order valence-electron chi connectivity index (χ1n) is 5.70. The first kappa shape index (κ1) is 13.1. The highest BCUT2D eigenvalue weighted by Crippen LogP contribution is 2.24. The van der Waals surface area contributed by atoms with Crippen LogP contribution < -0.4 is 10.2 Å². The van der Waals surface area contributed by atoms with Crippen LogP contribution in [0.1, 0.15) is 11.8 Å². The Balaban J connectivity index is 2.08. The Bertz CT molecular complexity index is 514. The Labute approximate surface area is 116 Å². The van der Waals surface area contributed by atoms with E-state index in [0.29, 0.717) is 0 Å². The molecule has 0 fully saturated rings. The summed E-state index contributed by atoms with van der Waals surface area (Å²) in [5.41, 5.74) is 0. The molecule has 0 aliphatic heterocycles. The van der Waals surface area contributed by atoms with Gasteiger partial charge in [-0.05, 0) is 19.1 Å². The fraction of sp³-hybridized carbons (Fsp3) is 0.333. The fourth-order valence-electron chi connectivity index (χ4n) is 1.59. The third-order valence-corrected chi connectivity index (χ3v) is 3.64. The van der Waals surface area contributed by atoms with E-state index in [9.17, 15) is 0 Å². The quantitative estimate of drug-likeness (QED) is 0.914. The van der Waals surface area contributed by atoms with Gasteiger partial charge in [-0.2, -0.15) is 0 Å². The molecule has 0 atom stereocenters. The molecule has 0 aromatic carbocycles. The van der Waals surface area contributed by atoms with Gasteiger partial charge in [-0.1, -0.05) is 11.6 Å². The van der Waals surface area contributed by atoms with Crippen LogP contribution in [0.15, 0.2) is 24.5 Å². The molecule has 6 heteroatoms. The smallest absolute Gasteiger partial charge is 0.134 e. The predicted octanol–water partition coefficient (Wildman–Crippen LogP) is 3.26. The second kappa shape index (κ2) is 6.02. The summed E-state index contributed by atoms with van der Waals surface area (Å²) >= 11 is 7.51. The Kier molecular flexibility index (Phi) is 4.38. The van der Waals surface area contributed by atoms with Gasteiger partial charge >= 0.3 is 0 Å².